The molecule has 1 heterocycles. The second-order valence-electron chi connectivity index (χ2n) is 6.57. The van der Waals surface area contributed by atoms with Crippen LogP contribution in [-0.2, 0) is 16.2 Å². The van der Waals surface area contributed by atoms with Crippen molar-refractivity contribution in [2.24, 2.45) is 0 Å². The van der Waals surface area contributed by atoms with Crippen LogP contribution >= 0.6 is 0 Å². The summed E-state index contributed by atoms with van der Waals surface area (Å²) in [5, 5.41) is 0. The van der Waals surface area contributed by atoms with Gasteiger partial charge in [-0.3, -0.25) is 0 Å². The van der Waals surface area contributed by atoms with Gasteiger partial charge >= 0.3 is 6.18 Å². The van der Waals surface area contributed by atoms with Crippen LogP contribution in [0, 0.1) is 0 Å². The van der Waals surface area contributed by atoms with Gasteiger partial charge in [0.25, 0.3) is 0 Å². The number of methoxy groups -OCH3 is 1. The first-order valence-electron chi connectivity index (χ1n) is 8.78. The first kappa shape index (κ1) is 20.5. The summed E-state index contributed by atoms with van der Waals surface area (Å²) in [6.45, 7) is 1.20. The molecule has 1 aliphatic rings. The number of benzene rings is 2. The fourth-order valence-corrected chi connectivity index (χ4v) is 4.80. The second-order valence-corrected chi connectivity index (χ2v) is 8.26. The van der Waals surface area contributed by atoms with Gasteiger partial charge in [0.05, 0.1) is 17.6 Å². The summed E-state index contributed by atoms with van der Waals surface area (Å²) in [6.07, 6.45) is -3.73. The van der Waals surface area contributed by atoms with Gasteiger partial charge in [0.15, 0.2) is 0 Å². The molecule has 152 valence electrons. The van der Waals surface area contributed by atoms with Crippen LogP contribution in [0.1, 0.15) is 18.4 Å². The topological polar surface area (TPSA) is 58.6 Å². The second kappa shape index (κ2) is 8.00. The zero-order chi connectivity index (χ0) is 20.4. The minimum absolute atomic E-state index is 0.416. The van der Waals surface area contributed by atoms with Gasteiger partial charge in [-0.15, -0.1) is 0 Å². The van der Waals surface area contributed by atoms with Gasteiger partial charge in [-0.2, -0.15) is 13.2 Å². The van der Waals surface area contributed by atoms with E-state index in [-0.39, 0.29) is 0 Å². The van der Waals surface area contributed by atoms with E-state index < -0.39 is 32.7 Å². The normalized spacial score (nSPS) is 16.2. The number of anilines is 1. The summed E-state index contributed by atoms with van der Waals surface area (Å²) in [5.74, 6) is 0.745. The number of ether oxygens (including phenoxy) is 1. The Morgan fingerprint density at radius 3 is 2.21 bits per heavy atom. The minimum atomic E-state index is -4.73. The lowest BCUT2D eigenvalue weighted by Gasteiger charge is -2.34. The molecular formula is C19H21F3N2O3S. The van der Waals surface area contributed by atoms with E-state index in [0.717, 1.165) is 23.6 Å². The van der Waals surface area contributed by atoms with Crippen LogP contribution < -0.4 is 14.4 Å². The maximum atomic E-state index is 13.1. The third-order valence-corrected chi connectivity index (χ3v) is 6.31. The first-order valence-corrected chi connectivity index (χ1v) is 10.3. The molecule has 0 aromatic heterocycles. The van der Waals surface area contributed by atoms with Gasteiger partial charge in [0.2, 0.25) is 10.0 Å². The van der Waals surface area contributed by atoms with Crippen LogP contribution in [0.15, 0.2) is 53.4 Å². The van der Waals surface area contributed by atoms with Crippen LogP contribution in [-0.4, -0.2) is 34.7 Å². The molecule has 5 nitrogen and oxygen atoms in total. The Hall–Kier alpha value is -2.26. The Labute approximate surface area is 162 Å². The maximum Gasteiger partial charge on any atom is 0.417 e. The molecule has 0 unspecified atom stereocenters. The highest BCUT2D eigenvalue weighted by Gasteiger charge is 2.37. The molecule has 9 heteroatoms. The molecule has 0 bridgehead atoms. The van der Waals surface area contributed by atoms with Gasteiger partial charge in [-0.1, -0.05) is 12.1 Å². The van der Waals surface area contributed by atoms with Crippen molar-refractivity contribution in [1.82, 2.24) is 4.72 Å². The Kier molecular flexibility index (Phi) is 5.85. The van der Waals surface area contributed by atoms with E-state index in [9.17, 15) is 21.6 Å². The molecule has 0 atom stereocenters. The zero-order valence-corrected chi connectivity index (χ0v) is 16.1. The van der Waals surface area contributed by atoms with Crippen LogP contribution in [0.5, 0.6) is 5.75 Å². The molecule has 0 amide bonds. The number of rotatable bonds is 5. The Balaban J connectivity index is 1.67. The molecule has 1 saturated heterocycles. The van der Waals surface area contributed by atoms with E-state index >= 15 is 0 Å². The number of nitrogens with one attached hydrogen (secondary N) is 1. The SMILES string of the molecule is COc1ccc(N2CCC(NS(=O)(=O)c3ccccc3C(F)(F)F)CC2)cc1. The number of sulfonamides is 1. The van der Waals surface area contributed by atoms with E-state index in [4.69, 9.17) is 4.74 Å². The fourth-order valence-electron chi connectivity index (χ4n) is 3.27. The van der Waals surface area contributed by atoms with Gasteiger partial charge in [0, 0.05) is 24.8 Å². The average Bonchev–Trinajstić information content (AvgIpc) is 2.68. The van der Waals surface area contributed by atoms with E-state index in [1.165, 1.54) is 12.1 Å². The number of hydrogen-bond acceptors (Lipinski definition) is 4. The predicted octanol–water partition coefficient (Wildman–Crippen LogP) is 3.66. The summed E-state index contributed by atoms with van der Waals surface area (Å²) >= 11 is 0. The Bertz CT molecular complexity index is 907. The summed E-state index contributed by atoms with van der Waals surface area (Å²) in [5.41, 5.74) is -0.164. The van der Waals surface area contributed by atoms with E-state index in [2.05, 4.69) is 9.62 Å². The Morgan fingerprint density at radius 2 is 1.64 bits per heavy atom. The van der Waals surface area contributed by atoms with Gasteiger partial charge in [-0.25, -0.2) is 13.1 Å². The van der Waals surface area contributed by atoms with Crippen molar-refractivity contribution in [3.05, 3.63) is 54.1 Å². The van der Waals surface area contributed by atoms with Crippen LogP contribution in [0.25, 0.3) is 0 Å². The highest BCUT2D eigenvalue weighted by molar-refractivity contribution is 7.89. The zero-order valence-electron chi connectivity index (χ0n) is 15.2. The lowest BCUT2D eigenvalue weighted by atomic mass is 10.1. The smallest absolute Gasteiger partial charge is 0.417 e. The van der Waals surface area contributed by atoms with Crippen molar-refractivity contribution in [2.45, 2.75) is 30.0 Å². The molecule has 28 heavy (non-hydrogen) atoms. The minimum Gasteiger partial charge on any atom is -0.497 e. The van der Waals surface area contributed by atoms with E-state index in [1.807, 2.05) is 24.3 Å². The number of hydrogen-bond donors (Lipinski definition) is 1. The summed E-state index contributed by atoms with van der Waals surface area (Å²) in [6, 6.07) is 11.3. The predicted molar refractivity (Wildman–Crippen MR) is 100.0 cm³/mol. The third-order valence-electron chi connectivity index (χ3n) is 4.74. The maximum absolute atomic E-state index is 13.1. The molecule has 0 aliphatic carbocycles. The summed E-state index contributed by atoms with van der Waals surface area (Å²) in [4.78, 5) is 1.37. The van der Waals surface area contributed by atoms with Crippen molar-refractivity contribution in [1.29, 1.82) is 0 Å². The van der Waals surface area contributed by atoms with Crippen molar-refractivity contribution < 1.29 is 26.3 Å². The molecule has 1 aliphatic heterocycles. The van der Waals surface area contributed by atoms with Gasteiger partial charge in [0.1, 0.15) is 5.75 Å². The van der Waals surface area contributed by atoms with Crippen molar-refractivity contribution in [3.63, 3.8) is 0 Å². The third kappa shape index (κ3) is 4.59. The number of piperidine rings is 1. The van der Waals surface area contributed by atoms with E-state index in [0.29, 0.717) is 25.9 Å². The standard InChI is InChI=1S/C19H21F3N2O3S/c1-27-16-8-6-15(7-9-16)24-12-10-14(11-13-24)23-28(25,26)18-5-3-2-4-17(18)19(20,21)22/h2-9,14,23H,10-13H2,1H3. The molecule has 2 aromatic rings. The van der Waals surface area contributed by atoms with Crippen LogP contribution in [0.4, 0.5) is 18.9 Å². The highest BCUT2D eigenvalue weighted by Crippen LogP contribution is 2.34. The molecule has 0 spiro atoms. The van der Waals surface area contributed by atoms with Crippen molar-refractivity contribution >= 4 is 15.7 Å². The number of alkyl halides is 3. The molecule has 1 fully saturated rings. The molecule has 0 radical (unpaired) electrons. The number of nitrogens with zero attached hydrogens (tertiary/aromatic N) is 1. The quantitative estimate of drug-likeness (QED) is 0.811. The van der Waals surface area contributed by atoms with E-state index in [1.54, 1.807) is 7.11 Å². The molecule has 1 N–H and O–H groups in total. The summed E-state index contributed by atoms with van der Waals surface area (Å²) < 4.78 is 72.1. The highest BCUT2D eigenvalue weighted by atomic mass is 32.2. The van der Waals surface area contributed by atoms with Gasteiger partial charge in [-0.05, 0) is 49.2 Å². The molecular weight excluding hydrogens is 393 g/mol. The van der Waals surface area contributed by atoms with Crippen molar-refractivity contribution in [2.75, 3.05) is 25.1 Å². The molecule has 0 saturated carbocycles. The molecule has 2 aromatic carbocycles. The average molecular weight is 414 g/mol. The number of halogens is 3. The summed E-state index contributed by atoms with van der Waals surface area (Å²) in [7, 11) is -2.68. The van der Waals surface area contributed by atoms with Gasteiger partial charge < -0.3 is 9.64 Å². The lowest BCUT2D eigenvalue weighted by molar-refractivity contribution is -0.139. The monoisotopic (exact) mass is 414 g/mol. The van der Waals surface area contributed by atoms with Crippen LogP contribution in [0.3, 0.4) is 0 Å². The molecule has 3 rings (SSSR count). The fraction of sp³-hybridized carbons (Fsp3) is 0.368. The largest absolute Gasteiger partial charge is 0.497 e. The van der Waals surface area contributed by atoms with Crippen molar-refractivity contribution in [3.8, 4) is 5.75 Å². The first-order chi connectivity index (χ1) is 13.2. The Morgan fingerprint density at radius 1 is 1.04 bits per heavy atom. The van der Waals surface area contributed by atoms with Crippen LogP contribution in [0.2, 0.25) is 0 Å². The lowest BCUT2D eigenvalue weighted by Crippen LogP contribution is -2.44.